The molecule has 0 spiro atoms. The highest BCUT2D eigenvalue weighted by Gasteiger charge is 2.15. The fourth-order valence-corrected chi connectivity index (χ4v) is 3.60. The van der Waals surface area contributed by atoms with Crippen LogP contribution in [0.5, 0.6) is 5.88 Å². The van der Waals surface area contributed by atoms with Crippen LogP contribution in [0.15, 0.2) is 55.0 Å². The maximum absolute atomic E-state index is 9.02. The Morgan fingerprint density at radius 2 is 1.88 bits per heavy atom. The summed E-state index contributed by atoms with van der Waals surface area (Å²) < 4.78 is 7.40. The average Bonchev–Trinajstić information content (AvgIpc) is 3.29. The molecule has 3 heterocycles. The molecule has 0 amide bonds. The molecule has 0 saturated heterocycles. The van der Waals surface area contributed by atoms with Gasteiger partial charge in [-0.05, 0) is 61.7 Å². The Kier molecular flexibility index (Phi) is 6.31. The lowest BCUT2D eigenvalue weighted by Crippen LogP contribution is -2.12. The number of imidazole rings is 1. The first-order valence-corrected chi connectivity index (χ1v) is 10.7. The lowest BCUT2D eigenvalue weighted by molar-refractivity contribution is 0.396. The zero-order valence-corrected chi connectivity index (χ0v) is 19.1. The molecule has 1 aromatic carbocycles. The van der Waals surface area contributed by atoms with E-state index in [0.29, 0.717) is 28.6 Å². The predicted molar refractivity (Wildman–Crippen MR) is 126 cm³/mol. The summed E-state index contributed by atoms with van der Waals surface area (Å²) >= 11 is 0. The van der Waals surface area contributed by atoms with E-state index >= 15 is 0 Å². The summed E-state index contributed by atoms with van der Waals surface area (Å²) in [7, 11) is 1.59. The highest BCUT2D eigenvalue weighted by molar-refractivity contribution is 5.61. The van der Waals surface area contributed by atoms with Gasteiger partial charge in [0, 0.05) is 6.20 Å². The molecule has 0 aliphatic carbocycles. The zero-order chi connectivity index (χ0) is 23.4. The summed E-state index contributed by atoms with van der Waals surface area (Å²) in [4.78, 5) is 8.91. The summed E-state index contributed by atoms with van der Waals surface area (Å²) in [6.45, 7) is 6.03. The Morgan fingerprint density at radius 3 is 2.48 bits per heavy atom. The first-order valence-electron chi connectivity index (χ1n) is 10.7. The number of pyridine rings is 1. The van der Waals surface area contributed by atoms with Crippen molar-refractivity contribution in [1.82, 2.24) is 24.7 Å². The Balaban J connectivity index is 1.58. The van der Waals surface area contributed by atoms with E-state index < -0.39 is 0 Å². The van der Waals surface area contributed by atoms with E-state index in [1.807, 2.05) is 67.1 Å². The van der Waals surface area contributed by atoms with Gasteiger partial charge in [-0.15, -0.1) is 10.2 Å². The molecule has 8 nitrogen and oxygen atoms in total. The van der Waals surface area contributed by atoms with Gasteiger partial charge in [-0.25, -0.2) is 9.97 Å². The summed E-state index contributed by atoms with van der Waals surface area (Å²) in [6, 6.07) is 15.6. The van der Waals surface area contributed by atoms with Gasteiger partial charge >= 0.3 is 0 Å². The SMILES string of the molecule is CC[C@H](Nc1nnc(-c2ccc(-n3cnc(C)c3)c(OC)n2)cc1C)c1ccc(C#N)cc1. The van der Waals surface area contributed by atoms with E-state index in [-0.39, 0.29) is 6.04 Å². The molecule has 4 aromatic rings. The van der Waals surface area contributed by atoms with Gasteiger partial charge in [0.05, 0.1) is 42.5 Å². The number of hydrogen-bond acceptors (Lipinski definition) is 7. The number of nitrogens with zero attached hydrogens (tertiary/aromatic N) is 6. The van der Waals surface area contributed by atoms with Gasteiger partial charge in [0.15, 0.2) is 5.82 Å². The molecule has 4 rings (SSSR count). The van der Waals surface area contributed by atoms with Gasteiger partial charge in [0.1, 0.15) is 11.4 Å². The van der Waals surface area contributed by atoms with Crippen LogP contribution in [-0.2, 0) is 0 Å². The molecule has 8 heteroatoms. The van der Waals surface area contributed by atoms with Crippen molar-refractivity contribution in [2.24, 2.45) is 0 Å². The number of nitriles is 1. The number of aryl methyl sites for hydroxylation is 2. The van der Waals surface area contributed by atoms with E-state index in [9.17, 15) is 0 Å². The van der Waals surface area contributed by atoms with E-state index in [4.69, 9.17) is 10.00 Å². The second-order valence-corrected chi connectivity index (χ2v) is 7.75. The predicted octanol–water partition coefficient (Wildman–Crippen LogP) is 4.78. The van der Waals surface area contributed by atoms with Crippen molar-refractivity contribution in [3.8, 4) is 29.0 Å². The van der Waals surface area contributed by atoms with Gasteiger partial charge in [-0.2, -0.15) is 5.26 Å². The topological polar surface area (TPSA) is 102 Å². The lowest BCUT2D eigenvalue weighted by Gasteiger charge is -2.19. The monoisotopic (exact) mass is 439 g/mol. The summed E-state index contributed by atoms with van der Waals surface area (Å²) in [5.74, 6) is 1.20. The minimum Gasteiger partial charge on any atom is -0.479 e. The minimum atomic E-state index is 0.0627. The number of hydrogen-bond donors (Lipinski definition) is 1. The molecule has 0 radical (unpaired) electrons. The minimum absolute atomic E-state index is 0.0627. The van der Waals surface area contributed by atoms with Crippen LogP contribution in [-0.4, -0.2) is 31.8 Å². The lowest BCUT2D eigenvalue weighted by atomic mass is 10.0. The van der Waals surface area contributed by atoms with E-state index in [1.165, 1.54) is 0 Å². The van der Waals surface area contributed by atoms with Crippen LogP contribution < -0.4 is 10.1 Å². The van der Waals surface area contributed by atoms with Crippen LogP contribution in [0.1, 0.15) is 41.8 Å². The number of aromatic nitrogens is 5. The third-order valence-electron chi connectivity index (χ3n) is 5.43. The van der Waals surface area contributed by atoms with E-state index in [2.05, 4.69) is 38.5 Å². The fourth-order valence-electron chi connectivity index (χ4n) is 3.60. The van der Waals surface area contributed by atoms with Crippen molar-refractivity contribution in [1.29, 1.82) is 5.26 Å². The van der Waals surface area contributed by atoms with Crippen LogP contribution >= 0.6 is 0 Å². The van der Waals surface area contributed by atoms with Crippen LogP contribution in [0.25, 0.3) is 17.1 Å². The van der Waals surface area contributed by atoms with Crippen molar-refractivity contribution in [3.05, 3.63) is 77.4 Å². The van der Waals surface area contributed by atoms with Crippen LogP contribution in [0.4, 0.5) is 5.82 Å². The first-order chi connectivity index (χ1) is 16.0. The second kappa shape index (κ2) is 9.49. The zero-order valence-electron chi connectivity index (χ0n) is 19.1. The molecular formula is C25H25N7O. The average molecular weight is 440 g/mol. The number of anilines is 1. The van der Waals surface area contributed by atoms with Crippen molar-refractivity contribution < 1.29 is 4.74 Å². The summed E-state index contributed by atoms with van der Waals surface area (Å²) in [5, 5.41) is 21.3. The van der Waals surface area contributed by atoms with Crippen LogP contribution in [0.3, 0.4) is 0 Å². The van der Waals surface area contributed by atoms with Gasteiger partial charge in [0.2, 0.25) is 5.88 Å². The van der Waals surface area contributed by atoms with E-state index in [1.54, 1.807) is 13.4 Å². The first kappa shape index (κ1) is 22.0. The van der Waals surface area contributed by atoms with Crippen molar-refractivity contribution in [2.45, 2.75) is 33.2 Å². The van der Waals surface area contributed by atoms with Crippen molar-refractivity contribution in [2.75, 3.05) is 12.4 Å². The molecule has 1 N–H and O–H groups in total. The van der Waals surface area contributed by atoms with Gasteiger partial charge in [0.25, 0.3) is 0 Å². The molecular weight excluding hydrogens is 414 g/mol. The largest absolute Gasteiger partial charge is 0.479 e. The highest BCUT2D eigenvalue weighted by atomic mass is 16.5. The molecule has 0 unspecified atom stereocenters. The number of ether oxygens (including phenoxy) is 1. The third-order valence-corrected chi connectivity index (χ3v) is 5.43. The number of rotatable bonds is 7. The van der Waals surface area contributed by atoms with Crippen LogP contribution in [0.2, 0.25) is 0 Å². The molecule has 0 aliphatic heterocycles. The number of methoxy groups -OCH3 is 1. The van der Waals surface area contributed by atoms with Crippen LogP contribution in [0, 0.1) is 25.2 Å². The maximum atomic E-state index is 9.02. The van der Waals surface area contributed by atoms with Gasteiger partial charge in [-0.1, -0.05) is 19.1 Å². The molecule has 1 atom stereocenters. The molecule has 0 saturated carbocycles. The molecule has 33 heavy (non-hydrogen) atoms. The highest BCUT2D eigenvalue weighted by Crippen LogP contribution is 2.28. The van der Waals surface area contributed by atoms with Gasteiger partial charge < -0.3 is 14.6 Å². The van der Waals surface area contributed by atoms with Crippen molar-refractivity contribution in [3.63, 3.8) is 0 Å². The second-order valence-electron chi connectivity index (χ2n) is 7.75. The summed E-state index contributed by atoms with van der Waals surface area (Å²) in [6.07, 6.45) is 4.52. The molecule has 0 fully saturated rings. The fraction of sp³-hybridized carbons (Fsp3) is 0.240. The van der Waals surface area contributed by atoms with Crippen molar-refractivity contribution >= 4 is 5.82 Å². The third kappa shape index (κ3) is 4.67. The Hall–Kier alpha value is -4.25. The Labute approximate surface area is 192 Å². The smallest absolute Gasteiger partial charge is 0.238 e. The Bertz CT molecular complexity index is 1310. The molecule has 3 aromatic heterocycles. The maximum Gasteiger partial charge on any atom is 0.238 e. The number of nitrogens with one attached hydrogen (secondary N) is 1. The summed E-state index contributed by atoms with van der Waals surface area (Å²) in [5.41, 5.74) is 5.76. The standard InChI is InChI=1S/C25H25N7O/c1-5-20(19-8-6-18(13-26)7-9-19)28-24-16(2)12-22(30-31-24)21-10-11-23(25(29-21)33-4)32-14-17(3)27-15-32/h6-12,14-15,20H,5H2,1-4H3,(H,28,31)/t20-/m0/s1. The normalized spacial score (nSPS) is 11.6. The quantitative estimate of drug-likeness (QED) is 0.442. The molecule has 0 aliphatic rings. The van der Waals surface area contributed by atoms with Gasteiger partial charge in [-0.3, -0.25) is 0 Å². The number of benzene rings is 1. The van der Waals surface area contributed by atoms with E-state index in [0.717, 1.165) is 28.9 Å². The molecule has 166 valence electrons. The molecule has 0 bridgehead atoms. The Morgan fingerprint density at radius 1 is 1.09 bits per heavy atom.